The van der Waals surface area contributed by atoms with Gasteiger partial charge < -0.3 is 10.1 Å². The normalized spacial score (nSPS) is 13.5. The van der Waals surface area contributed by atoms with E-state index in [1.54, 1.807) is 0 Å². The van der Waals surface area contributed by atoms with Crippen LogP contribution in [0.1, 0.15) is 30.6 Å². The second kappa shape index (κ2) is 6.87. The van der Waals surface area contributed by atoms with E-state index in [2.05, 4.69) is 10.1 Å². The average Bonchev–Trinajstić information content (AvgIpc) is 2.43. The van der Waals surface area contributed by atoms with Gasteiger partial charge in [-0.15, -0.1) is 0 Å². The first-order valence-corrected chi connectivity index (χ1v) is 6.13. The summed E-state index contributed by atoms with van der Waals surface area (Å²) in [4.78, 5) is 23.6. The van der Waals surface area contributed by atoms with Crippen molar-refractivity contribution in [2.24, 2.45) is 5.92 Å². The van der Waals surface area contributed by atoms with Gasteiger partial charge in [0.2, 0.25) is 0 Å². The molecule has 0 saturated heterocycles. The molecule has 4 nitrogen and oxygen atoms in total. The van der Waals surface area contributed by atoms with Crippen LogP contribution in [0.4, 0.5) is 4.39 Å². The molecule has 2 atom stereocenters. The Bertz CT molecular complexity index is 445. The maximum absolute atomic E-state index is 12.8. The molecule has 0 aromatic heterocycles. The second-order valence-electron chi connectivity index (χ2n) is 4.37. The van der Waals surface area contributed by atoms with E-state index < -0.39 is 23.7 Å². The molecule has 0 spiro atoms. The van der Waals surface area contributed by atoms with E-state index in [-0.39, 0.29) is 5.92 Å². The zero-order valence-electron chi connectivity index (χ0n) is 11.3. The highest BCUT2D eigenvalue weighted by molar-refractivity contribution is 5.96. The standard InChI is InChI=1S/C14H18FNO3/c1-4-9(2)12(14(18)19-3)16-13(17)10-5-7-11(15)8-6-10/h5-9,12H,4H2,1-3H3,(H,16,17)/t9-,12+/m0/s1. The highest BCUT2D eigenvalue weighted by Gasteiger charge is 2.26. The Hall–Kier alpha value is -1.91. The van der Waals surface area contributed by atoms with Crippen molar-refractivity contribution in [2.45, 2.75) is 26.3 Å². The van der Waals surface area contributed by atoms with Gasteiger partial charge in [-0.3, -0.25) is 4.79 Å². The van der Waals surface area contributed by atoms with Gasteiger partial charge in [0.05, 0.1) is 7.11 Å². The number of esters is 1. The lowest BCUT2D eigenvalue weighted by Gasteiger charge is -2.21. The van der Waals surface area contributed by atoms with Crippen LogP contribution in [0, 0.1) is 11.7 Å². The summed E-state index contributed by atoms with van der Waals surface area (Å²) in [5, 5.41) is 2.62. The van der Waals surface area contributed by atoms with Crippen LogP contribution in [0.2, 0.25) is 0 Å². The minimum Gasteiger partial charge on any atom is -0.467 e. The van der Waals surface area contributed by atoms with Crippen LogP contribution in [0.15, 0.2) is 24.3 Å². The molecule has 0 saturated carbocycles. The maximum Gasteiger partial charge on any atom is 0.328 e. The van der Waals surface area contributed by atoms with Crippen LogP contribution < -0.4 is 5.32 Å². The van der Waals surface area contributed by atoms with Crippen molar-refractivity contribution in [3.05, 3.63) is 35.6 Å². The van der Waals surface area contributed by atoms with Gasteiger partial charge in [0, 0.05) is 5.56 Å². The fourth-order valence-electron chi connectivity index (χ4n) is 1.62. The van der Waals surface area contributed by atoms with E-state index >= 15 is 0 Å². The van der Waals surface area contributed by atoms with Crippen LogP contribution in [-0.4, -0.2) is 25.0 Å². The van der Waals surface area contributed by atoms with E-state index in [9.17, 15) is 14.0 Å². The molecule has 0 aliphatic carbocycles. The first-order valence-electron chi connectivity index (χ1n) is 6.13. The Balaban J connectivity index is 2.81. The zero-order chi connectivity index (χ0) is 14.4. The Labute approximate surface area is 112 Å². The van der Waals surface area contributed by atoms with Crippen molar-refractivity contribution >= 4 is 11.9 Å². The summed E-state index contributed by atoms with van der Waals surface area (Å²) in [6, 6.07) is 4.44. The van der Waals surface area contributed by atoms with E-state index in [1.807, 2.05) is 13.8 Å². The SMILES string of the molecule is CC[C@H](C)[C@@H](NC(=O)c1ccc(F)cc1)C(=O)OC. The second-order valence-corrected chi connectivity index (χ2v) is 4.37. The van der Waals surface area contributed by atoms with Gasteiger partial charge >= 0.3 is 5.97 Å². The molecule has 1 rings (SSSR count). The number of methoxy groups -OCH3 is 1. The lowest BCUT2D eigenvalue weighted by Crippen LogP contribution is -2.45. The van der Waals surface area contributed by atoms with Gasteiger partial charge in [0.1, 0.15) is 11.9 Å². The topological polar surface area (TPSA) is 55.4 Å². The van der Waals surface area contributed by atoms with E-state index in [0.717, 1.165) is 6.42 Å². The number of rotatable bonds is 5. The fraction of sp³-hybridized carbons (Fsp3) is 0.429. The van der Waals surface area contributed by atoms with Crippen LogP contribution in [0.5, 0.6) is 0 Å². The molecule has 1 aromatic carbocycles. The lowest BCUT2D eigenvalue weighted by molar-refractivity contribution is -0.144. The molecule has 0 aliphatic heterocycles. The van der Waals surface area contributed by atoms with Crippen molar-refractivity contribution < 1.29 is 18.7 Å². The third-order valence-corrected chi connectivity index (χ3v) is 3.06. The van der Waals surface area contributed by atoms with Gasteiger partial charge in [-0.05, 0) is 30.2 Å². The number of amides is 1. The van der Waals surface area contributed by atoms with Crippen molar-refractivity contribution in [3.8, 4) is 0 Å². The monoisotopic (exact) mass is 267 g/mol. The highest BCUT2D eigenvalue weighted by Crippen LogP contribution is 2.11. The number of benzene rings is 1. The van der Waals surface area contributed by atoms with Crippen molar-refractivity contribution in [3.63, 3.8) is 0 Å². The van der Waals surface area contributed by atoms with Crippen LogP contribution in [0.25, 0.3) is 0 Å². The zero-order valence-corrected chi connectivity index (χ0v) is 11.3. The van der Waals surface area contributed by atoms with E-state index in [4.69, 9.17) is 0 Å². The molecule has 19 heavy (non-hydrogen) atoms. The molecule has 0 bridgehead atoms. The average molecular weight is 267 g/mol. The predicted molar refractivity (Wildman–Crippen MR) is 69.1 cm³/mol. The van der Waals surface area contributed by atoms with Crippen LogP contribution in [0.3, 0.4) is 0 Å². The number of ether oxygens (including phenoxy) is 1. The molecule has 0 heterocycles. The number of hydrogen-bond acceptors (Lipinski definition) is 3. The third-order valence-electron chi connectivity index (χ3n) is 3.06. The Morgan fingerprint density at radius 1 is 1.32 bits per heavy atom. The van der Waals surface area contributed by atoms with Gasteiger partial charge in [0.25, 0.3) is 5.91 Å². The summed E-state index contributed by atoms with van der Waals surface area (Å²) in [6.45, 7) is 3.77. The molecule has 0 unspecified atom stereocenters. The summed E-state index contributed by atoms with van der Waals surface area (Å²) in [7, 11) is 1.28. The molecule has 104 valence electrons. The molecule has 1 aromatic rings. The van der Waals surface area contributed by atoms with E-state index in [1.165, 1.54) is 31.4 Å². The maximum atomic E-state index is 12.8. The first-order chi connectivity index (χ1) is 8.99. The summed E-state index contributed by atoms with van der Waals surface area (Å²) in [5.74, 6) is -1.36. The summed E-state index contributed by atoms with van der Waals surface area (Å²) in [5.41, 5.74) is 0.304. The molecule has 0 aliphatic rings. The predicted octanol–water partition coefficient (Wildman–Crippen LogP) is 2.14. The van der Waals surface area contributed by atoms with Crippen molar-refractivity contribution in [1.29, 1.82) is 0 Å². The number of carbonyl (C=O) groups excluding carboxylic acids is 2. The summed E-state index contributed by atoms with van der Waals surface area (Å²) < 4.78 is 17.4. The minimum absolute atomic E-state index is 0.0446. The minimum atomic E-state index is -0.701. The third kappa shape index (κ3) is 4.05. The number of carbonyl (C=O) groups is 2. The van der Waals surface area contributed by atoms with Crippen molar-refractivity contribution in [2.75, 3.05) is 7.11 Å². The molecule has 5 heteroatoms. The molecular formula is C14H18FNO3. The smallest absolute Gasteiger partial charge is 0.328 e. The molecular weight excluding hydrogens is 249 g/mol. The summed E-state index contributed by atoms with van der Waals surface area (Å²) in [6.07, 6.45) is 0.726. The number of halogens is 1. The van der Waals surface area contributed by atoms with Gasteiger partial charge in [-0.25, -0.2) is 9.18 Å². The highest BCUT2D eigenvalue weighted by atomic mass is 19.1. The Morgan fingerprint density at radius 2 is 1.89 bits per heavy atom. The number of hydrogen-bond donors (Lipinski definition) is 1. The van der Waals surface area contributed by atoms with Gasteiger partial charge in [0.15, 0.2) is 0 Å². The van der Waals surface area contributed by atoms with Gasteiger partial charge in [-0.1, -0.05) is 20.3 Å². The van der Waals surface area contributed by atoms with E-state index in [0.29, 0.717) is 5.56 Å². The lowest BCUT2D eigenvalue weighted by atomic mass is 9.99. The largest absolute Gasteiger partial charge is 0.467 e. The van der Waals surface area contributed by atoms with Crippen molar-refractivity contribution in [1.82, 2.24) is 5.32 Å². The summed E-state index contributed by atoms with van der Waals surface area (Å²) >= 11 is 0. The molecule has 0 radical (unpaired) electrons. The fourth-order valence-corrected chi connectivity index (χ4v) is 1.62. The molecule has 1 amide bonds. The first kappa shape index (κ1) is 15.1. The Morgan fingerprint density at radius 3 is 2.37 bits per heavy atom. The van der Waals surface area contributed by atoms with Crippen LogP contribution in [-0.2, 0) is 9.53 Å². The molecule has 1 N–H and O–H groups in total. The van der Waals surface area contributed by atoms with Gasteiger partial charge in [-0.2, -0.15) is 0 Å². The number of nitrogens with one attached hydrogen (secondary N) is 1. The molecule has 0 fully saturated rings. The Kier molecular flexibility index (Phi) is 5.48. The van der Waals surface area contributed by atoms with Crippen LogP contribution >= 0.6 is 0 Å². The quantitative estimate of drug-likeness (QED) is 0.832.